The van der Waals surface area contributed by atoms with Gasteiger partial charge in [-0.3, -0.25) is 0 Å². The van der Waals surface area contributed by atoms with E-state index in [0.29, 0.717) is 18.2 Å². The summed E-state index contributed by atoms with van der Waals surface area (Å²) in [6, 6.07) is 0. The fraction of sp³-hybridized carbons (Fsp3) is 0.667. The number of ether oxygens (including phenoxy) is 1. The topological polar surface area (TPSA) is 41.5 Å². The zero-order valence-electron chi connectivity index (χ0n) is 10.5. The molecule has 0 aliphatic carbocycles. The van der Waals surface area contributed by atoms with Gasteiger partial charge < -0.3 is 15.2 Å². The third-order valence-electron chi connectivity index (χ3n) is 2.17. The van der Waals surface area contributed by atoms with E-state index in [9.17, 15) is 0 Å². The molecule has 0 unspecified atom stereocenters. The molecule has 3 nitrogen and oxygen atoms in total. The van der Waals surface area contributed by atoms with Crippen LogP contribution in [0.3, 0.4) is 0 Å². The summed E-state index contributed by atoms with van der Waals surface area (Å²) in [6.07, 6.45) is 0. The molecule has 0 rings (SSSR count). The molecule has 0 aromatic carbocycles. The Morgan fingerprint density at radius 2 is 2.06 bits per heavy atom. The van der Waals surface area contributed by atoms with Gasteiger partial charge in [0.1, 0.15) is 0 Å². The highest BCUT2D eigenvalue weighted by Gasteiger charge is 2.22. The van der Waals surface area contributed by atoms with Crippen molar-refractivity contribution in [3.05, 3.63) is 23.9 Å². The lowest BCUT2D eigenvalue weighted by atomic mass is 9.93. The van der Waals surface area contributed by atoms with E-state index in [1.54, 1.807) is 11.8 Å². The molecular weight excluding hydrogens is 222 g/mol. The van der Waals surface area contributed by atoms with Crippen molar-refractivity contribution in [1.82, 2.24) is 5.32 Å². The molecule has 0 amide bonds. The number of thioether (sulfide) groups is 1. The zero-order valence-corrected chi connectivity index (χ0v) is 11.3. The first-order chi connectivity index (χ1) is 7.44. The predicted octanol–water partition coefficient (Wildman–Crippen LogP) is 2.35. The Hall–Kier alpha value is -0.610. The van der Waals surface area contributed by atoms with Crippen LogP contribution in [0.5, 0.6) is 0 Å². The first-order valence-corrected chi connectivity index (χ1v) is 6.41. The monoisotopic (exact) mass is 245 g/mol. The van der Waals surface area contributed by atoms with E-state index in [2.05, 4.69) is 32.3 Å². The Kier molecular flexibility index (Phi) is 7.34. The minimum Gasteiger partial charge on any atom is -0.480 e. The summed E-state index contributed by atoms with van der Waals surface area (Å²) in [5, 5.41) is 11.9. The summed E-state index contributed by atoms with van der Waals surface area (Å²) in [5.41, 5.74) is -0.0557. The van der Waals surface area contributed by atoms with Gasteiger partial charge in [-0.2, -0.15) is 0 Å². The highest BCUT2D eigenvalue weighted by molar-refractivity contribution is 8.03. The maximum absolute atomic E-state index is 8.76. The van der Waals surface area contributed by atoms with Crippen LogP contribution in [0.2, 0.25) is 0 Å². The zero-order chi connectivity index (χ0) is 12.6. The Bertz CT molecular complexity index is 239. The third kappa shape index (κ3) is 6.08. The van der Waals surface area contributed by atoms with Gasteiger partial charge in [0, 0.05) is 17.7 Å². The first kappa shape index (κ1) is 15.4. The minimum atomic E-state index is -0.0557. The second-order valence-corrected chi connectivity index (χ2v) is 5.28. The van der Waals surface area contributed by atoms with E-state index in [0.717, 1.165) is 11.4 Å². The summed E-state index contributed by atoms with van der Waals surface area (Å²) >= 11 is 1.59. The van der Waals surface area contributed by atoms with Crippen LogP contribution in [0.25, 0.3) is 0 Å². The van der Waals surface area contributed by atoms with Crippen molar-refractivity contribution in [1.29, 1.82) is 0 Å². The van der Waals surface area contributed by atoms with Crippen molar-refractivity contribution >= 4 is 11.8 Å². The molecule has 0 bridgehead atoms. The standard InChI is InChI=1S/C12H23NO2S/c1-6-15-11(3)13-9-12(4,5)10(2)16-8-7-14/h13-14H,2-3,6-9H2,1,4-5H3. The van der Waals surface area contributed by atoms with Gasteiger partial charge in [-0.1, -0.05) is 20.4 Å². The molecule has 2 N–H and O–H groups in total. The minimum absolute atomic E-state index is 0.0557. The van der Waals surface area contributed by atoms with Gasteiger partial charge in [-0.25, -0.2) is 0 Å². The molecule has 0 aromatic rings. The molecule has 94 valence electrons. The van der Waals surface area contributed by atoms with E-state index < -0.39 is 0 Å². The molecule has 0 saturated heterocycles. The van der Waals surface area contributed by atoms with Crippen LogP contribution in [0.1, 0.15) is 20.8 Å². The van der Waals surface area contributed by atoms with Gasteiger partial charge in [-0.05, 0) is 18.4 Å². The molecule has 0 atom stereocenters. The van der Waals surface area contributed by atoms with Crippen LogP contribution in [-0.4, -0.2) is 30.6 Å². The highest BCUT2D eigenvalue weighted by atomic mass is 32.2. The molecule has 0 aliphatic heterocycles. The second kappa shape index (κ2) is 7.63. The normalized spacial score (nSPS) is 11.0. The third-order valence-corrected chi connectivity index (χ3v) is 3.46. The van der Waals surface area contributed by atoms with Crippen LogP contribution >= 0.6 is 11.8 Å². The van der Waals surface area contributed by atoms with Gasteiger partial charge in [-0.15, -0.1) is 11.8 Å². The summed E-state index contributed by atoms with van der Waals surface area (Å²) in [6.45, 7) is 15.4. The van der Waals surface area contributed by atoms with Crippen LogP contribution in [0.4, 0.5) is 0 Å². The number of hydrogen-bond acceptors (Lipinski definition) is 4. The maximum atomic E-state index is 8.76. The lowest BCUT2D eigenvalue weighted by Gasteiger charge is -2.27. The average Bonchev–Trinajstić information content (AvgIpc) is 2.23. The van der Waals surface area contributed by atoms with Crippen molar-refractivity contribution in [3.63, 3.8) is 0 Å². The van der Waals surface area contributed by atoms with Gasteiger partial charge in [0.05, 0.1) is 13.2 Å². The molecule has 0 radical (unpaired) electrons. The molecule has 0 aliphatic rings. The largest absolute Gasteiger partial charge is 0.480 e. The van der Waals surface area contributed by atoms with Gasteiger partial charge in [0.25, 0.3) is 0 Å². The van der Waals surface area contributed by atoms with E-state index in [1.165, 1.54) is 0 Å². The molecule has 0 saturated carbocycles. The van der Waals surface area contributed by atoms with Crippen molar-refractivity contribution in [2.75, 3.05) is 25.5 Å². The summed E-state index contributed by atoms with van der Waals surface area (Å²) in [4.78, 5) is 1.05. The van der Waals surface area contributed by atoms with Crippen molar-refractivity contribution in [2.24, 2.45) is 5.41 Å². The molecule has 0 aromatic heterocycles. The molecule has 16 heavy (non-hydrogen) atoms. The Balaban J connectivity index is 4.02. The first-order valence-electron chi connectivity index (χ1n) is 5.42. The number of hydrogen-bond donors (Lipinski definition) is 2. The lowest BCUT2D eigenvalue weighted by Crippen LogP contribution is -2.30. The van der Waals surface area contributed by atoms with Gasteiger partial charge in [0.15, 0.2) is 5.88 Å². The molecule has 4 heteroatoms. The molecular formula is C12H23NO2S. The lowest BCUT2D eigenvalue weighted by molar-refractivity contribution is 0.200. The number of aliphatic hydroxyl groups is 1. The number of rotatable bonds is 9. The van der Waals surface area contributed by atoms with E-state index in [4.69, 9.17) is 9.84 Å². The fourth-order valence-electron chi connectivity index (χ4n) is 1.01. The Labute approximate surface area is 103 Å². The Morgan fingerprint density at radius 3 is 2.56 bits per heavy atom. The van der Waals surface area contributed by atoms with E-state index >= 15 is 0 Å². The summed E-state index contributed by atoms with van der Waals surface area (Å²) in [7, 11) is 0. The molecule has 0 fully saturated rings. The predicted molar refractivity (Wildman–Crippen MR) is 71.2 cm³/mol. The van der Waals surface area contributed by atoms with Gasteiger partial charge in [0.2, 0.25) is 0 Å². The van der Waals surface area contributed by atoms with Crippen LogP contribution in [0, 0.1) is 5.41 Å². The maximum Gasteiger partial charge on any atom is 0.179 e. The quantitative estimate of drug-likeness (QED) is 0.612. The van der Waals surface area contributed by atoms with Crippen molar-refractivity contribution in [3.8, 4) is 0 Å². The fourth-order valence-corrected chi connectivity index (χ4v) is 1.81. The second-order valence-electron chi connectivity index (χ2n) is 4.09. The average molecular weight is 245 g/mol. The highest BCUT2D eigenvalue weighted by Crippen LogP contribution is 2.32. The Morgan fingerprint density at radius 1 is 1.44 bits per heavy atom. The van der Waals surface area contributed by atoms with Crippen LogP contribution < -0.4 is 5.32 Å². The van der Waals surface area contributed by atoms with Crippen LogP contribution in [-0.2, 0) is 4.74 Å². The molecule has 0 spiro atoms. The molecule has 0 heterocycles. The van der Waals surface area contributed by atoms with E-state index in [-0.39, 0.29) is 12.0 Å². The number of nitrogens with one attached hydrogen (secondary N) is 1. The van der Waals surface area contributed by atoms with E-state index in [1.807, 2.05) is 6.92 Å². The summed E-state index contributed by atoms with van der Waals surface area (Å²) in [5.74, 6) is 1.28. The van der Waals surface area contributed by atoms with Crippen molar-refractivity contribution in [2.45, 2.75) is 20.8 Å². The van der Waals surface area contributed by atoms with Gasteiger partial charge >= 0.3 is 0 Å². The number of aliphatic hydroxyl groups excluding tert-OH is 1. The SMILES string of the molecule is C=C(NCC(C)(C)C(=C)SCCO)OCC. The van der Waals surface area contributed by atoms with Crippen LogP contribution in [0.15, 0.2) is 23.9 Å². The smallest absolute Gasteiger partial charge is 0.179 e. The van der Waals surface area contributed by atoms with Crippen molar-refractivity contribution < 1.29 is 9.84 Å². The summed E-state index contributed by atoms with van der Waals surface area (Å²) < 4.78 is 5.22.